The number of nitrogens with one attached hydrogen (secondary N) is 1. The number of halogens is 2. The lowest BCUT2D eigenvalue weighted by Gasteiger charge is -2.14. The molecule has 98 valence electrons. The number of rotatable bonds is 4. The highest BCUT2D eigenvalue weighted by molar-refractivity contribution is 6.52. The number of benzene rings is 1. The first-order valence-electron chi connectivity index (χ1n) is 6.29. The average molecular weight is 286 g/mol. The molecule has 0 heterocycles. The monoisotopic (exact) mass is 285 g/mol. The molecule has 1 aliphatic rings. The molecular weight excluding hydrogens is 269 g/mol. The third-order valence-corrected chi connectivity index (χ3v) is 4.22. The van der Waals surface area contributed by atoms with E-state index < -0.39 is 4.33 Å². The Kier molecular flexibility index (Phi) is 3.88. The van der Waals surface area contributed by atoms with E-state index in [0.717, 1.165) is 29.7 Å². The molecule has 2 nitrogen and oxygen atoms in total. The molecular formula is C14H17Cl2NO. The van der Waals surface area contributed by atoms with E-state index in [0.29, 0.717) is 6.42 Å². The molecule has 1 amide bonds. The van der Waals surface area contributed by atoms with Gasteiger partial charge in [-0.15, -0.1) is 23.2 Å². The van der Waals surface area contributed by atoms with Crippen molar-refractivity contribution in [1.29, 1.82) is 0 Å². The number of carbonyl (C=O) groups excluding carboxylic acids is 1. The molecule has 0 aromatic heterocycles. The lowest BCUT2D eigenvalue weighted by Crippen LogP contribution is -2.19. The van der Waals surface area contributed by atoms with E-state index in [-0.39, 0.29) is 11.8 Å². The van der Waals surface area contributed by atoms with Crippen molar-refractivity contribution in [3.05, 3.63) is 29.3 Å². The Morgan fingerprint density at radius 3 is 2.22 bits per heavy atom. The van der Waals surface area contributed by atoms with Gasteiger partial charge in [-0.1, -0.05) is 32.0 Å². The zero-order chi connectivity index (χ0) is 13.3. The number of para-hydroxylation sites is 1. The lowest BCUT2D eigenvalue weighted by atomic mass is 10.0. The van der Waals surface area contributed by atoms with Crippen LogP contribution in [0.15, 0.2) is 18.2 Å². The summed E-state index contributed by atoms with van der Waals surface area (Å²) in [6.07, 6.45) is 2.32. The Balaban J connectivity index is 2.20. The van der Waals surface area contributed by atoms with Gasteiger partial charge in [-0.05, 0) is 30.4 Å². The normalized spacial score (nSPS) is 20.6. The van der Waals surface area contributed by atoms with E-state index in [4.69, 9.17) is 23.2 Å². The Morgan fingerprint density at radius 1 is 1.33 bits per heavy atom. The molecule has 0 aliphatic heterocycles. The highest BCUT2D eigenvalue weighted by Gasteiger charge is 2.56. The van der Waals surface area contributed by atoms with Gasteiger partial charge < -0.3 is 5.32 Å². The molecule has 1 aromatic carbocycles. The molecule has 0 bridgehead atoms. The third kappa shape index (κ3) is 2.65. The molecule has 1 atom stereocenters. The maximum Gasteiger partial charge on any atom is 0.230 e. The molecule has 1 N–H and O–H groups in total. The lowest BCUT2D eigenvalue weighted by molar-refractivity contribution is -0.117. The fraction of sp³-hybridized carbons (Fsp3) is 0.500. The minimum Gasteiger partial charge on any atom is -0.325 e. The summed E-state index contributed by atoms with van der Waals surface area (Å²) in [5, 5.41) is 2.99. The first-order chi connectivity index (χ1) is 8.49. The number of anilines is 1. The highest BCUT2D eigenvalue weighted by atomic mass is 35.5. The smallest absolute Gasteiger partial charge is 0.230 e. The number of hydrogen-bond acceptors (Lipinski definition) is 1. The molecule has 4 heteroatoms. The van der Waals surface area contributed by atoms with Crippen LogP contribution >= 0.6 is 23.2 Å². The maximum atomic E-state index is 12.0. The second-order valence-electron chi connectivity index (χ2n) is 4.67. The molecule has 0 spiro atoms. The van der Waals surface area contributed by atoms with E-state index in [1.54, 1.807) is 0 Å². The molecule has 0 unspecified atom stereocenters. The van der Waals surface area contributed by atoms with Crippen molar-refractivity contribution in [2.45, 2.75) is 37.4 Å². The summed E-state index contributed by atoms with van der Waals surface area (Å²) in [4.78, 5) is 12.0. The van der Waals surface area contributed by atoms with Gasteiger partial charge >= 0.3 is 0 Å². The van der Waals surface area contributed by atoms with Gasteiger partial charge in [-0.2, -0.15) is 0 Å². The molecule has 1 aromatic rings. The molecule has 1 aliphatic carbocycles. The molecule has 1 saturated carbocycles. The summed E-state index contributed by atoms with van der Waals surface area (Å²) in [5.74, 6) is -0.356. The van der Waals surface area contributed by atoms with Crippen molar-refractivity contribution in [3.63, 3.8) is 0 Å². The van der Waals surface area contributed by atoms with E-state index >= 15 is 0 Å². The summed E-state index contributed by atoms with van der Waals surface area (Å²) in [6.45, 7) is 4.16. The predicted octanol–water partition coefficient (Wildman–Crippen LogP) is 3.94. The summed E-state index contributed by atoms with van der Waals surface area (Å²) in [6, 6.07) is 6.10. The number of aryl methyl sites for hydroxylation is 2. The first kappa shape index (κ1) is 13.7. The van der Waals surface area contributed by atoms with Crippen molar-refractivity contribution in [3.8, 4) is 0 Å². The van der Waals surface area contributed by atoms with Crippen LogP contribution in [-0.4, -0.2) is 10.2 Å². The zero-order valence-electron chi connectivity index (χ0n) is 10.6. The van der Waals surface area contributed by atoms with Gasteiger partial charge in [0.15, 0.2) is 0 Å². The van der Waals surface area contributed by atoms with Crippen LogP contribution in [0.2, 0.25) is 0 Å². The summed E-state index contributed by atoms with van der Waals surface area (Å²) >= 11 is 11.8. The second-order valence-corrected chi connectivity index (χ2v) is 6.21. The van der Waals surface area contributed by atoms with Crippen LogP contribution in [0.25, 0.3) is 0 Å². The molecule has 1 fully saturated rings. The second kappa shape index (κ2) is 5.10. The highest BCUT2D eigenvalue weighted by Crippen LogP contribution is 2.53. The van der Waals surface area contributed by atoms with Crippen LogP contribution in [0.1, 0.15) is 31.4 Å². The van der Waals surface area contributed by atoms with Crippen molar-refractivity contribution < 1.29 is 4.79 Å². The van der Waals surface area contributed by atoms with Crippen LogP contribution in [0.4, 0.5) is 5.69 Å². The van der Waals surface area contributed by atoms with E-state index in [2.05, 4.69) is 19.2 Å². The Hall–Kier alpha value is -0.730. The zero-order valence-corrected chi connectivity index (χ0v) is 12.1. The number of carbonyl (C=O) groups is 1. The Bertz CT molecular complexity index is 449. The van der Waals surface area contributed by atoms with Gasteiger partial charge in [0.25, 0.3) is 0 Å². The van der Waals surface area contributed by atoms with Crippen molar-refractivity contribution in [2.24, 2.45) is 5.92 Å². The van der Waals surface area contributed by atoms with Gasteiger partial charge in [-0.3, -0.25) is 4.79 Å². The third-order valence-electron chi connectivity index (χ3n) is 3.39. The number of alkyl halides is 2. The average Bonchev–Trinajstić information content (AvgIpc) is 2.98. The quantitative estimate of drug-likeness (QED) is 0.834. The number of hydrogen-bond donors (Lipinski definition) is 1. The molecule has 0 saturated heterocycles. The Labute approximate surface area is 118 Å². The van der Waals surface area contributed by atoms with Gasteiger partial charge in [0.2, 0.25) is 5.91 Å². The molecule has 18 heavy (non-hydrogen) atoms. The minimum atomic E-state index is -0.863. The van der Waals surface area contributed by atoms with Gasteiger partial charge in [-0.25, -0.2) is 0 Å². The SMILES string of the molecule is CCc1cccc(CC)c1NC(=O)[C@H]1CC1(Cl)Cl. The van der Waals surface area contributed by atoms with Crippen molar-refractivity contribution in [1.82, 2.24) is 0 Å². The minimum absolute atomic E-state index is 0.0735. The molecule has 0 radical (unpaired) electrons. The summed E-state index contributed by atoms with van der Waals surface area (Å²) in [7, 11) is 0. The standard InChI is InChI=1S/C14H17Cl2NO/c1-3-9-6-5-7-10(4-2)12(9)17-13(18)11-8-14(11,15)16/h5-7,11H,3-4,8H2,1-2H3,(H,17,18)/t11-/m1/s1. The van der Waals surface area contributed by atoms with Crippen LogP contribution in [0.5, 0.6) is 0 Å². The van der Waals surface area contributed by atoms with Crippen LogP contribution in [0, 0.1) is 5.92 Å². The van der Waals surface area contributed by atoms with Crippen LogP contribution in [-0.2, 0) is 17.6 Å². The summed E-state index contributed by atoms with van der Waals surface area (Å²) in [5.41, 5.74) is 3.24. The fourth-order valence-corrected chi connectivity index (χ4v) is 2.62. The maximum absolute atomic E-state index is 12.0. The van der Waals surface area contributed by atoms with Gasteiger partial charge in [0, 0.05) is 5.69 Å². The number of amides is 1. The molecule has 2 rings (SSSR count). The van der Waals surface area contributed by atoms with Crippen molar-refractivity contribution in [2.75, 3.05) is 5.32 Å². The van der Waals surface area contributed by atoms with Crippen LogP contribution < -0.4 is 5.32 Å². The van der Waals surface area contributed by atoms with E-state index in [9.17, 15) is 4.79 Å². The fourth-order valence-electron chi connectivity index (χ4n) is 2.11. The summed E-state index contributed by atoms with van der Waals surface area (Å²) < 4.78 is -0.863. The first-order valence-corrected chi connectivity index (χ1v) is 7.04. The topological polar surface area (TPSA) is 29.1 Å². The predicted molar refractivity (Wildman–Crippen MR) is 76.4 cm³/mol. The Morgan fingerprint density at radius 2 is 1.83 bits per heavy atom. The van der Waals surface area contributed by atoms with E-state index in [1.807, 2.05) is 18.2 Å². The van der Waals surface area contributed by atoms with Crippen LogP contribution in [0.3, 0.4) is 0 Å². The van der Waals surface area contributed by atoms with Gasteiger partial charge in [0.05, 0.1) is 5.92 Å². The van der Waals surface area contributed by atoms with Crippen molar-refractivity contribution >= 4 is 34.8 Å². The van der Waals surface area contributed by atoms with E-state index in [1.165, 1.54) is 0 Å². The largest absolute Gasteiger partial charge is 0.325 e. The van der Waals surface area contributed by atoms with Gasteiger partial charge in [0.1, 0.15) is 4.33 Å².